The Morgan fingerprint density at radius 1 is 1.28 bits per heavy atom. The van der Waals surface area contributed by atoms with E-state index in [4.69, 9.17) is 0 Å². The normalized spacial score (nSPS) is 19.6. The number of nitrogens with zero attached hydrogens (tertiary/aromatic N) is 2. The molecule has 0 aromatic carbocycles. The topological polar surface area (TPSA) is 30.5 Å². The van der Waals surface area contributed by atoms with E-state index < -0.39 is 0 Å². The lowest BCUT2D eigenvalue weighted by Gasteiger charge is -2.41. The van der Waals surface area contributed by atoms with Crippen LogP contribution in [0.4, 0.5) is 0 Å². The molecule has 0 bridgehead atoms. The molecule has 1 atom stereocenters. The van der Waals surface area contributed by atoms with Crippen LogP contribution in [0.2, 0.25) is 0 Å². The molecule has 1 rings (SSSR count). The van der Waals surface area contributed by atoms with Gasteiger partial charge in [0, 0.05) is 26.2 Å². The summed E-state index contributed by atoms with van der Waals surface area (Å²) >= 11 is 0. The molecule has 4 heteroatoms. The number of rotatable bonds is 6. The summed E-state index contributed by atoms with van der Waals surface area (Å²) in [6.07, 6.45) is 0. The van der Waals surface area contributed by atoms with Crippen molar-refractivity contribution in [3.63, 3.8) is 0 Å². The average Bonchev–Trinajstić information content (AvgIpc) is 2.34. The van der Waals surface area contributed by atoms with Crippen LogP contribution in [0, 0.1) is 5.92 Å². The molecule has 0 fully saturated rings. The second-order valence-corrected chi connectivity index (χ2v) is 5.53. The SMILES string of the molecule is CCN1CC(C)=C(NC)N(CC(NC)C(C)C)C1. The number of likely N-dealkylation sites (N-methyl/N-ethyl adjacent to an activating group) is 2. The molecule has 0 aromatic heterocycles. The number of hydrogen-bond acceptors (Lipinski definition) is 4. The molecule has 1 unspecified atom stereocenters. The first-order valence-corrected chi connectivity index (χ1v) is 7.05. The van der Waals surface area contributed by atoms with Gasteiger partial charge in [0.05, 0.1) is 6.67 Å². The first-order valence-electron chi connectivity index (χ1n) is 7.05. The van der Waals surface area contributed by atoms with Crippen LogP contribution in [-0.4, -0.2) is 56.2 Å². The van der Waals surface area contributed by atoms with Gasteiger partial charge >= 0.3 is 0 Å². The monoisotopic (exact) mass is 254 g/mol. The van der Waals surface area contributed by atoms with Crippen molar-refractivity contribution in [3.05, 3.63) is 11.4 Å². The van der Waals surface area contributed by atoms with E-state index in [0.717, 1.165) is 26.3 Å². The highest BCUT2D eigenvalue weighted by molar-refractivity contribution is 5.14. The summed E-state index contributed by atoms with van der Waals surface area (Å²) in [7, 11) is 4.08. The van der Waals surface area contributed by atoms with Gasteiger partial charge in [-0.1, -0.05) is 20.8 Å². The van der Waals surface area contributed by atoms with Crippen molar-refractivity contribution < 1.29 is 0 Å². The molecule has 0 saturated heterocycles. The van der Waals surface area contributed by atoms with E-state index in [0.29, 0.717) is 12.0 Å². The van der Waals surface area contributed by atoms with Gasteiger partial charge in [-0.3, -0.25) is 4.90 Å². The van der Waals surface area contributed by atoms with Gasteiger partial charge in [0.25, 0.3) is 0 Å². The molecule has 0 spiro atoms. The quantitative estimate of drug-likeness (QED) is 0.747. The lowest BCUT2D eigenvalue weighted by atomic mass is 10.0. The molecule has 1 heterocycles. The average molecular weight is 254 g/mol. The third-order valence-corrected chi connectivity index (χ3v) is 3.83. The van der Waals surface area contributed by atoms with Crippen LogP contribution in [0.1, 0.15) is 27.7 Å². The zero-order valence-electron chi connectivity index (χ0n) is 12.9. The van der Waals surface area contributed by atoms with Crippen molar-refractivity contribution >= 4 is 0 Å². The predicted molar refractivity (Wildman–Crippen MR) is 78.3 cm³/mol. The minimum Gasteiger partial charge on any atom is -0.375 e. The minimum atomic E-state index is 0.526. The Labute approximate surface area is 112 Å². The van der Waals surface area contributed by atoms with Crippen molar-refractivity contribution in [3.8, 4) is 0 Å². The summed E-state index contributed by atoms with van der Waals surface area (Å²) < 4.78 is 0. The Morgan fingerprint density at radius 2 is 1.94 bits per heavy atom. The van der Waals surface area contributed by atoms with E-state index in [9.17, 15) is 0 Å². The summed E-state index contributed by atoms with van der Waals surface area (Å²) in [5, 5.41) is 6.80. The second-order valence-electron chi connectivity index (χ2n) is 5.53. The van der Waals surface area contributed by atoms with E-state index in [1.165, 1.54) is 11.4 Å². The Morgan fingerprint density at radius 3 is 2.39 bits per heavy atom. The van der Waals surface area contributed by atoms with Gasteiger partial charge in [-0.15, -0.1) is 0 Å². The van der Waals surface area contributed by atoms with Gasteiger partial charge in [0.1, 0.15) is 5.82 Å². The third-order valence-electron chi connectivity index (χ3n) is 3.83. The minimum absolute atomic E-state index is 0.526. The van der Waals surface area contributed by atoms with Crippen LogP contribution < -0.4 is 10.6 Å². The number of hydrogen-bond donors (Lipinski definition) is 2. The van der Waals surface area contributed by atoms with Crippen molar-refractivity contribution in [2.45, 2.75) is 33.7 Å². The maximum absolute atomic E-state index is 3.43. The first kappa shape index (κ1) is 15.3. The lowest BCUT2D eigenvalue weighted by molar-refractivity contribution is 0.129. The van der Waals surface area contributed by atoms with Crippen LogP contribution in [-0.2, 0) is 0 Å². The lowest BCUT2D eigenvalue weighted by Crippen LogP contribution is -2.51. The smallest absolute Gasteiger partial charge is 0.102 e. The zero-order chi connectivity index (χ0) is 13.7. The van der Waals surface area contributed by atoms with Crippen molar-refractivity contribution in [1.82, 2.24) is 20.4 Å². The van der Waals surface area contributed by atoms with Crippen LogP contribution in [0.15, 0.2) is 11.4 Å². The molecular formula is C14H30N4. The maximum Gasteiger partial charge on any atom is 0.102 e. The number of nitrogens with one attached hydrogen (secondary N) is 2. The van der Waals surface area contributed by atoms with E-state index in [1.54, 1.807) is 0 Å². The van der Waals surface area contributed by atoms with Gasteiger partial charge < -0.3 is 15.5 Å². The highest BCUT2D eigenvalue weighted by Gasteiger charge is 2.24. The van der Waals surface area contributed by atoms with Crippen LogP contribution in [0.3, 0.4) is 0 Å². The highest BCUT2D eigenvalue weighted by atomic mass is 15.4. The summed E-state index contributed by atoms with van der Waals surface area (Å²) in [6, 6.07) is 0.526. The van der Waals surface area contributed by atoms with Crippen LogP contribution in [0.5, 0.6) is 0 Å². The highest BCUT2D eigenvalue weighted by Crippen LogP contribution is 2.17. The fourth-order valence-electron chi connectivity index (χ4n) is 2.65. The van der Waals surface area contributed by atoms with E-state index in [1.807, 2.05) is 7.05 Å². The van der Waals surface area contributed by atoms with Crippen molar-refractivity contribution in [2.75, 3.05) is 40.4 Å². The van der Waals surface area contributed by atoms with Crippen LogP contribution in [0.25, 0.3) is 0 Å². The fraction of sp³-hybridized carbons (Fsp3) is 0.857. The third kappa shape index (κ3) is 3.62. The molecule has 0 saturated carbocycles. The standard InChI is InChI=1S/C14H30N4/c1-7-17-8-12(4)14(16-6)18(10-17)9-13(15-5)11(2)3/h11,13,15-16H,7-10H2,1-6H3. The summed E-state index contributed by atoms with van der Waals surface area (Å²) in [5.74, 6) is 1.95. The summed E-state index contributed by atoms with van der Waals surface area (Å²) in [4.78, 5) is 4.94. The predicted octanol–water partition coefficient (Wildman–Crippen LogP) is 1.28. The first-order chi connectivity index (χ1) is 8.53. The van der Waals surface area contributed by atoms with Crippen LogP contribution >= 0.6 is 0 Å². The Bertz CT molecular complexity index is 286. The van der Waals surface area contributed by atoms with E-state index in [-0.39, 0.29) is 0 Å². The summed E-state index contributed by atoms with van der Waals surface area (Å²) in [6.45, 7) is 13.3. The summed E-state index contributed by atoms with van der Waals surface area (Å²) in [5.41, 5.74) is 1.43. The molecular weight excluding hydrogens is 224 g/mol. The molecule has 0 aromatic rings. The van der Waals surface area contributed by atoms with E-state index >= 15 is 0 Å². The molecule has 2 N–H and O–H groups in total. The van der Waals surface area contributed by atoms with Gasteiger partial charge in [0.2, 0.25) is 0 Å². The molecule has 106 valence electrons. The van der Waals surface area contributed by atoms with Crippen molar-refractivity contribution in [1.29, 1.82) is 0 Å². The van der Waals surface area contributed by atoms with Gasteiger partial charge in [-0.2, -0.15) is 0 Å². The maximum atomic E-state index is 3.43. The second kappa shape index (κ2) is 7.00. The Balaban J connectivity index is 2.80. The Hall–Kier alpha value is -0.740. The van der Waals surface area contributed by atoms with Gasteiger partial charge in [-0.05, 0) is 32.0 Å². The van der Waals surface area contributed by atoms with Gasteiger partial charge in [-0.25, -0.2) is 0 Å². The van der Waals surface area contributed by atoms with E-state index in [2.05, 4.69) is 55.2 Å². The fourth-order valence-corrected chi connectivity index (χ4v) is 2.65. The molecule has 0 radical (unpaired) electrons. The Kier molecular flexibility index (Phi) is 5.96. The van der Waals surface area contributed by atoms with Crippen molar-refractivity contribution in [2.24, 2.45) is 5.92 Å². The molecule has 4 nitrogen and oxygen atoms in total. The molecule has 1 aliphatic heterocycles. The van der Waals surface area contributed by atoms with Gasteiger partial charge in [0.15, 0.2) is 0 Å². The zero-order valence-corrected chi connectivity index (χ0v) is 12.9. The largest absolute Gasteiger partial charge is 0.375 e. The molecule has 1 aliphatic rings. The molecule has 18 heavy (non-hydrogen) atoms. The molecule has 0 amide bonds. The molecule has 0 aliphatic carbocycles.